The van der Waals surface area contributed by atoms with Crippen LogP contribution in [0.3, 0.4) is 0 Å². The Balaban J connectivity index is 1.58. The molecule has 2 atom stereocenters. The standard InChI is InChI=1S/C23H25N5O4/c1-31-14-20(29)24-19-13-28(23(30)16-9-6-10-17(11-16)32-2)12-18(19)22-25-21(26-27-22)15-7-4-3-5-8-15/h3-11,18-19H,12-14H2,1-2H3,(H,24,29)(H,25,26,27)/t18-,19-/m1/s1. The molecule has 0 aliphatic carbocycles. The van der Waals surface area contributed by atoms with Gasteiger partial charge in [-0.1, -0.05) is 36.4 Å². The zero-order valence-electron chi connectivity index (χ0n) is 17.9. The molecule has 1 aliphatic rings. The molecule has 1 saturated heterocycles. The van der Waals surface area contributed by atoms with Crippen LogP contribution in [-0.2, 0) is 9.53 Å². The lowest BCUT2D eigenvalue weighted by molar-refractivity contribution is -0.125. The highest BCUT2D eigenvalue weighted by Gasteiger charge is 2.39. The topological polar surface area (TPSA) is 109 Å². The van der Waals surface area contributed by atoms with E-state index in [0.29, 0.717) is 36.1 Å². The zero-order valence-corrected chi connectivity index (χ0v) is 17.9. The van der Waals surface area contributed by atoms with Crippen LogP contribution >= 0.6 is 0 Å². The molecule has 4 rings (SSSR count). The van der Waals surface area contributed by atoms with Crippen molar-refractivity contribution in [2.75, 3.05) is 33.9 Å². The van der Waals surface area contributed by atoms with Gasteiger partial charge >= 0.3 is 0 Å². The number of carbonyl (C=O) groups excluding carboxylic acids is 2. The van der Waals surface area contributed by atoms with Gasteiger partial charge in [0.25, 0.3) is 5.91 Å². The lowest BCUT2D eigenvalue weighted by Gasteiger charge is -2.18. The molecule has 0 bridgehead atoms. The number of carbonyl (C=O) groups is 2. The Morgan fingerprint density at radius 1 is 1.12 bits per heavy atom. The molecular formula is C23H25N5O4. The molecule has 2 aromatic carbocycles. The van der Waals surface area contributed by atoms with Gasteiger partial charge in [0.2, 0.25) is 5.91 Å². The summed E-state index contributed by atoms with van der Waals surface area (Å²) in [4.78, 5) is 31.8. The molecule has 1 aliphatic heterocycles. The number of likely N-dealkylation sites (tertiary alicyclic amines) is 1. The van der Waals surface area contributed by atoms with E-state index < -0.39 is 0 Å². The summed E-state index contributed by atoms with van der Waals surface area (Å²) in [6.07, 6.45) is 0. The zero-order chi connectivity index (χ0) is 22.5. The van der Waals surface area contributed by atoms with E-state index in [9.17, 15) is 9.59 Å². The lowest BCUT2D eigenvalue weighted by atomic mass is 10.0. The van der Waals surface area contributed by atoms with E-state index >= 15 is 0 Å². The number of rotatable bonds is 7. The lowest BCUT2D eigenvalue weighted by Crippen LogP contribution is -2.42. The molecule has 2 amide bonds. The fourth-order valence-corrected chi connectivity index (χ4v) is 3.87. The number of nitrogens with zero attached hydrogens (tertiary/aromatic N) is 3. The van der Waals surface area contributed by atoms with Gasteiger partial charge in [-0.3, -0.25) is 14.7 Å². The molecule has 0 saturated carbocycles. The highest BCUT2D eigenvalue weighted by Crippen LogP contribution is 2.28. The summed E-state index contributed by atoms with van der Waals surface area (Å²) in [5.41, 5.74) is 1.41. The average Bonchev–Trinajstić information content (AvgIpc) is 3.47. The Kier molecular flexibility index (Phi) is 6.46. The van der Waals surface area contributed by atoms with Gasteiger partial charge in [-0.15, -0.1) is 0 Å². The maximum Gasteiger partial charge on any atom is 0.254 e. The largest absolute Gasteiger partial charge is 0.497 e. The molecule has 0 radical (unpaired) electrons. The van der Waals surface area contributed by atoms with Gasteiger partial charge in [0.1, 0.15) is 18.2 Å². The maximum atomic E-state index is 13.2. The van der Waals surface area contributed by atoms with Crippen molar-refractivity contribution in [1.29, 1.82) is 0 Å². The minimum atomic E-state index is -0.330. The Labute approximate surface area is 185 Å². The second kappa shape index (κ2) is 9.61. The van der Waals surface area contributed by atoms with Gasteiger partial charge in [0.05, 0.1) is 19.1 Å². The summed E-state index contributed by atoms with van der Waals surface area (Å²) in [5.74, 6) is 1.17. The predicted octanol–water partition coefficient (Wildman–Crippen LogP) is 1.85. The smallest absolute Gasteiger partial charge is 0.254 e. The van der Waals surface area contributed by atoms with Gasteiger partial charge in [-0.2, -0.15) is 5.10 Å². The second-order valence-corrected chi connectivity index (χ2v) is 7.57. The quantitative estimate of drug-likeness (QED) is 0.586. The number of H-pyrrole nitrogens is 1. The summed E-state index contributed by atoms with van der Waals surface area (Å²) in [6, 6.07) is 16.3. The number of hydrogen-bond acceptors (Lipinski definition) is 6. The molecule has 9 heteroatoms. The predicted molar refractivity (Wildman–Crippen MR) is 117 cm³/mol. The van der Waals surface area contributed by atoms with Crippen LogP contribution in [0.15, 0.2) is 54.6 Å². The monoisotopic (exact) mass is 435 g/mol. The molecule has 1 fully saturated rings. The van der Waals surface area contributed by atoms with E-state index in [-0.39, 0.29) is 30.4 Å². The molecule has 1 aromatic heterocycles. The third-order valence-corrected chi connectivity index (χ3v) is 5.43. The first-order chi connectivity index (χ1) is 15.6. The van der Waals surface area contributed by atoms with Crippen LogP contribution in [-0.4, -0.2) is 71.9 Å². The van der Waals surface area contributed by atoms with Crippen LogP contribution in [0.4, 0.5) is 0 Å². The minimum Gasteiger partial charge on any atom is -0.497 e. The van der Waals surface area contributed by atoms with Crippen molar-refractivity contribution in [3.8, 4) is 17.1 Å². The van der Waals surface area contributed by atoms with Crippen LogP contribution in [0.1, 0.15) is 22.1 Å². The number of nitrogens with one attached hydrogen (secondary N) is 2. The summed E-state index contributed by atoms with van der Waals surface area (Å²) in [5, 5.41) is 10.3. The Hall–Kier alpha value is -3.72. The first kappa shape index (κ1) is 21.5. The van der Waals surface area contributed by atoms with Gasteiger partial charge in [0.15, 0.2) is 5.82 Å². The van der Waals surface area contributed by atoms with Crippen molar-refractivity contribution < 1.29 is 19.1 Å². The number of methoxy groups -OCH3 is 2. The highest BCUT2D eigenvalue weighted by molar-refractivity contribution is 5.95. The van der Waals surface area contributed by atoms with Crippen molar-refractivity contribution in [3.05, 3.63) is 66.0 Å². The van der Waals surface area contributed by atoms with Crippen molar-refractivity contribution >= 4 is 11.8 Å². The van der Waals surface area contributed by atoms with E-state index in [4.69, 9.17) is 9.47 Å². The van der Waals surface area contributed by atoms with Gasteiger partial charge in [0, 0.05) is 31.3 Å². The normalized spacial score (nSPS) is 17.9. The first-order valence-electron chi connectivity index (χ1n) is 10.3. The summed E-state index contributed by atoms with van der Waals surface area (Å²) in [7, 11) is 3.03. The number of hydrogen-bond donors (Lipinski definition) is 2. The van der Waals surface area contributed by atoms with Gasteiger partial charge < -0.3 is 19.7 Å². The molecule has 166 valence electrons. The van der Waals surface area contributed by atoms with Gasteiger partial charge in [-0.25, -0.2) is 4.98 Å². The summed E-state index contributed by atoms with van der Waals surface area (Å²) < 4.78 is 10.2. The Bertz CT molecular complexity index is 1080. The molecule has 9 nitrogen and oxygen atoms in total. The number of aromatic amines is 1. The van der Waals surface area contributed by atoms with Crippen molar-refractivity contribution in [3.63, 3.8) is 0 Å². The summed E-state index contributed by atoms with van der Waals surface area (Å²) in [6.45, 7) is 0.674. The van der Waals surface area contributed by atoms with E-state index in [2.05, 4.69) is 20.5 Å². The van der Waals surface area contributed by atoms with Gasteiger partial charge in [-0.05, 0) is 18.2 Å². The number of ether oxygens (including phenoxy) is 2. The highest BCUT2D eigenvalue weighted by atomic mass is 16.5. The Morgan fingerprint density at radius 3 is 2.69 bits per heavy atom. The van der Waals surface area contributed by atoms with Crippen LogP contribution in [0.25, 0.3) is 11.4 Å². The first-order valence-corrected chi connectivity index (χ1v) is 10.3. The van der Waals surface area contributed by atoms with E-state index in [1.54, 1.807) is 36.3 Å². The summed E-state index contributed by atoms with van der Waals surface area (Å²) >= 11 is 0. The Morgan fingerprint density at radius 2 is 1.94 bits per heavy atom. The fourth-order valence-electron chi connectivity index (χ4n) is 3.87. The maximum absolute atomic E-state index is 13.2. The molecule has 0 unspecified atom stereocenters. The molecule has 3 aromatic rings. The van der Waals surface area contributed by atoms with Crippen molar-refractivity contribution in [1.82, 2.24) is 25.4 Å². The van der Waals surface area contributed by atoms with Crippen LogP contribution < -0.4 is 10.1 Å². The third kappa shape index (κ3) is 4.62. The third-order valence-electron chi connectivity index (χ3n) is 5.43. The van der Waals surface area contributed by atoms with Crippen LogP contribution in [0.5, 0.6) is 5.75 Å². The van der Waals surface area contributed by atoms with Crippen molar-refractivity contribution in [2.24, 2.45) is 0 Å². The molecular weight excluding hydrogens is 410 g/mol. The van der Waals surface area contributed by atoms with Crippen molar-refractivity contribution in [2.45, 2.75) is 12.0 Å². The number of benzene rings is 2. The number of aromatic nitrogens is 3. The van der Waals surface area contributed by atoms with Crippen LogP contribution in [0.2, 0.25) is 0 Å². The number of amides is 2. The van der Waals surface area contributed by atoms with Crippen LogP contribution in [0, 0.1) is 0 Å². The molecule has 0 spiro atoms. The van der Waals surface area contributed by atoms with E-state index in [0.717, 1.165) is 5.56 Å². The molecule has 32 heavy (non-hydrogen) atoms. The fraction of sp³-hybridized carbons (Fsp3) is 0.304. The minimum absolute atomic E-state index is 0.0568. The average molecular weight is 435 g/mol. The second-order valence-electron chi connectivity index (χ2n) is 7.57. The molecule has 2 heterocycles. The SMILES string of the molecule is COCC(=O)N[C@@H]1CN(C(=O)c2cccc(OC)c2)C[C@H]1c1nc(-c2ccccc2)n[nH]1. The van der Waals surface area contributed by atoms with E-state index in [1.807, 2.05) is 30.3 Å². The molecule has 2 N–H and O–H groups in total. The van der Waals surface area contributed by atoms with E-state index in [1.165, 1.54) is 7.11 Å².